The zero-order valence-electron chi connectivity index (χ0n) is 12.8. The third kappa shape index (κ3) is 4.58. The fraction of sp³-hybridized carbons (Fsp3) is 0. The van der Waals surface area contributed by atoms with Crippen molar-refractivity contribution in [2.24, 2.45) is 5.10 Å². The monoisotopic (exact) mass is 418 g/mol. The smallest absolute Gasteiger partial charge is 0.274 e. The Balaban J connectivity index is 1.65. The van der Waals surface area contributed by atoms with E-state index in [2.05, 4.69) is 26.5 Å². The van der Waals surface area contributed by atoms with Gasteiger partial charge in [-0.25, -0.2) is 9.82 Å². The van der Waals surface area contributed by atoms with Gasteiger partial charge < -0.3 is 4.42 Å². The van der Waals surface area contributed by atoms with Crippen LogP contribution in [0.25, 0.3) is 0 Å². The van der Waals surface area contributed by atoms with E-state index in [0.29, 0.717) is 10.9 Å². The van der Waals surface area contributed by atoms with Crippen LogP contribution in [-0.2, 0) is 0 Å². The van der Waals surface area contributed by atoms with Crippen LogP contribution in [0, 0.1) is 5.82 Å². The Labute approximate surface area is 156 Å². The zero-order valence-corrected chi connectivity index (χ0v) is 15.2. The minimum Gasteiger partial charge on any atom is -0.447 e. The largest absolute Gasteiger partial charge is 0.447 e. The highest BCUT2D eigenvalue weighted by molar-refractivity contribution is 9.10. The van der Waals surface area contributed by atoms with Crippen LogP contribution in [0.15, 0.2) is 84.6 Å². The van der Waals surface area contributed by atoms with Gasteiger partial charge in [0.1, 0.15) is 11.6 Å². The third-order valence-electron chi connectivity index (χ3n) is 3.10. The summed E-state index contributed by atoms with van der Waals surface area (Å²) in [5.41, 5.74) is 2.21. The molecule has 0 spiro atoms. The number of carbonyl (C=O) groups excluding carboxylic acids is 1. The van der Waals surface area contributed by atoms with E-state index in [9.17, 15) is 9.18 Å². The molecule has 126 valence electrons. The van der Waals surface area contributed by atoms with Gasteiger partial charge in [-0.05, 0) is 40.2 Å². The Kier molecular flexibility index (Phi) is 5.67. The van der Waals surface area contributed by atoms with Gasteiger partial charge in [0.05, 0.1) is 16.3 Å². The predicted molar refractivity (Wildman–Crippen MR) is 98.4 cm³/mol. The molecule has 0 atom stereocenters. The summed E-state index contributed by atoms with van der Waals surface area (Å²) in [6.07, 6.45) is 1.36. The summed E-state index contributed by atoms with van der Waals surface area (Å²) in [5.74, 6) is -0.768. The van der Waals surface area contributed by atoms with Crippen molar-refractivity contribution in [2.45, 2.75) is 9.99 Å². The summed E-state index contributed by atoms with van der Waals surface area (Å²) >= 11 is 4.89. The molecule has 1 heterocycles. The van der Waals surface area contributed by atoms with Crippen molar-refractivity contribution >= 4 is 39.8 Å². The normalized spacial score (nSPS) is 11.0. The fourth-order valence-electron chi connectivity index (χ4n) is 1.96. The number of hydrogen-bond acceptors (Lipinski definition) is 4. The average Bonchev–Trinajstić information content (AvgIpc) is 2.95. The first-order chi connectivity index (χ1) is 12.1. The molecule has 0 aliphatic heterocycles. The van der Waals surface area contributed by atoms with Crippen molar-refractivity contribution in [2.75, 3.05) is 0 Å². The van der Waals surface area contributed by atoms with Gasteiger partial charge >= 0.3 is 0 Å². The molecule has 25 heavy (non-hydrogen) atoms. The number of nitrogens with zero attached hydrogens (tertiary/aromatic N) is 1. The van der Waals surface area contributed by atoms with Crippen LogP contribution >= 0.6 is 27.7 Å². The molecule has 3 rings (SSSR count). The fourth-order valence-corrected chi connectivity index (χ4v) is 3.31. The predicted octanol–water partition coefficient (Wildman–Crippen LogP) is 5.10. The Bertz CT molecular complexity index is 912. The third-order valence-corrected chi connectivity index (χ3v) is 4.95. The molecule has 1 amide bonds. The maximum Gasteiger partial charge on any atom is 0.274 e. The van der Waals surface area contributed by atoms with Crippen LogP contribution in [0.5, 0.6) is 0 Å². The highest BCUT2D eigenvalue weighted by Gasteiger charge is 2.11. The van der Waals surface area contributed by atoms with Crippen molar-refractivity contribution in [3.05, 3.63) is 82.3 Å². The van der Waals surface area contributed by atoms with E-state index in [1.165, 1.54) is 36.2 Å². The molecule has 2 aromatic carbocycles. The van der Waals surface area contributed by atoms with Gasteiger partial charge in [0.15, 0.2) is 5.09 Å². The van der Waals surface area contributed by atoms with E-state index in [0.717, 1.165) is 9.37 Å². The van der Waals surface area contributed by atoms with Crippen molar-refractivity contribution in [1.29, 1.82) is 0 Å². The second-order valence-corrected chi connectivity index (χ2v) is 6.78. The first-order valence-electron chi connectivity index (χ1n) is 7.23. The summed E-state index contributed by atoms with van der Waals surface area (Å²) in [5, 5.41) is 4.48. The van der Waals surface area contributed by atoms with Crippen LogP contribution < -0.4 is 5.43 Å². The van der Waals surface area contributed by atoms with Crippen molar-refractivity contribution < 1.29 is 13.6 Å². The van der Waals surface area contributed by atoms with E-state index in [-0.39, 0.29) is 5.56 Å². The molecule has 3 aromatic rings. The lowest BCUT2D eigenvalue weighted by atomic mass is 10.2. The molecule has 0 aliphatic rings. The van der Waals surface area contributed by atoms with Crippen molar-refractivity contribution in [1.82, 2.24) is 5.43 Å². The molecule has 0 saturated heterocycles. The molecule has 0 saturated carbocycles. The molecule has 0 radical (unpaired) electrons. The van der Waals surface area contributed by atoms with Crippen molar-refractivity contribution in [3.63, 3.8) is 0 Å². The molecule has 1 aromatic heterocycles. The molecule has 7 heteroatoms. The summed E-state index contributed by atoms with van der Waals surface area (Å²) in [7, 11) is 0. The summed E-state index contributed by atoms with van der Waals surface area (Å²) < 4.78 is 20.0. The summed E-state index contributed by atoms with van der Waals surface area (Å²) in [6.45, 7) is 0. The number of hydrazone groups is 1. The molecule has 4 nitrogen and oxygen atoms in total. The Morgan fingerprint density at radius 3 is 2.64 bits per heavy atom. The molecule has 0 unspecified atom stereocenters. The van der Waals surface area contributed by atoms with E-state index in [1.807, 2.05) is 30.3 Å². The van der Waals surface area contributed by atoms with Crippen LogP contribution in [0.3, 0.4) is 0 Å². The van der Waals surface area contributed by atoms with Crippen molar-refractivity contribution in [3.8, 4) is 0 Å². The standard InChI is InChI=1S/C18H12BrFN2O2S/c19-15-10-12(24-18(15)25-13-6-2-1-3-7-13)11-21-22-17(23)14-8-4-5-9-16(14)20/h1-11H,(H,22,23)/b21-11-. The van der Waals surface area contributed by atoms with Crippen LogP contribution in [0.4, 0.5) is 4.39 Å². The van der Waals surface area contributed by atoms with E-state index < -0.39 is 11.7 Å². The second-order valence-electron chi connectivity index (χ2n) is 4.88. The Morgan fingerprint density at radius 2 is 1.88 bits per heavy atom. The number of furan rings is 1. The van der Waals surface area contributed by atoms with Gasteiger partial charge in [0.2, 0.25) is 0 Å². The number of nitrogens with one attached hydrogen (secondary N) is 1. The maximum atomic E-state index is 13.5. The van der Waals surface area contributed by atoms with E-state index in [4.69, 9.17) is 4.42 Å². The highest BCUT2D eigenvalue weighted by Crippen LogP contribution is 2.35. The lowest BCUT2D eigenvalue weighted by Gasteiger charge is -2.00. The minimum atomic E-state index is -0.626. The number of halogens is 2. The number of amides is 1. The van der Waals surface area contributed by atoms with E-state index in [1.54, 1.807) is 12.1 Å². The molecular formula is C18H12BrFN2O2S. The lowest BCUT2D eigenvalue weighted by molar-refractivity contribution is 0.0951. The number of carbonyl (C=O) groups is 1. The Hall–Kier alpha value is -2.38. The molecule has 0 fully saturated rings. The van der Waals surface area contributed by atoms with Crippen LogP contribution in [0.2, 0.25) is 0 Å². The molecule has 0 bridgehead atoms. The van der Waals surface area contributed by atoms with Gasteiger partial charge in [0, 0.05) is 11.0 Å². The van der Waals surface area contributed by atoms with Gasteiger partial charge in [-0.2, -0.15) is 5.10 Å². The van der Waals surface area contributed by atoms with Crippen LogP contribution in [0.1, 0.15) is 16.1 Å². The average molecular weight is 419 g/mol. The van der Waals surface area contributed by atoms with E-state index >= 15 is 0 Å². The first kappa shape index (κ1) is 17.4. The molecule has 0 aliphatic carbocycles. The topological polar surface area (TPSA) is 54.6 Å². The quantitative estimate of drug-likeness (QED) is 0.463. The number of benzene rings is 2. The highest BCUT2D eigenvalue weighted by atomic mass is 79.9. The molecule has 1 N–H and O–H groups in total. The maximum absolute atomic E-state index is 13.5. The van der Waals surface area contributed by atoms with Gasteiger partial charge in [0.25, 0.3) is 5.91 Å². The summed E-state index contributed by atoms with van der Waals surface area (Å²) in [4.78, 5) is 12.9. The SMILES string of the molecule is O=C(N/N=C\c1cc(Br)c(Sc2ccccc2)o1)c1ccccc1F. The van der Waals surface area contributed by atoms with Crippen LogP contribution in [-0.4, -0.2) is 12.1 Å². The van der Waals surface area contributed by atoms with Gasteiger partial charge in [-0.1, -0.05) is 42.1 Å². The Morgan fingerprint density at radius 1 is 1.16 bits per heavy atom. The second kappa shape index (κ2) is 8.13. The lowest BCUT2D eigenvalue weighted by Crippen LogP contribution is -2.18. The number of rotatable bonds is 5. The van der Waals surface area contributed by atoms with Gasteiger partial charge in [-0.15, -0.1) is 0 Å². The van der Waals surface area contributed by atoms with Gasteiger partial charge in [-0.3, -0.25) is 4.79 Å². The first-order valence-corrected chi connectivity index (χ1v) is 8.84. The zero-order chi connectivity index (χ0) is 17.6. The molecular weight excluding hydrogens is 407 g/mol. The summed E-state index contributed by atoms with van der Waals surface area (Å²) in [6, 6.07) is 17.2. The number of hydrogen-bond donors (Lipinski definition) is 1. The minimum absolute atomic E-state index is 0.0689.